The van der Waals surface area contributed by atoms with Gasteiger partial charge in [-0.25, -0.2) is 14.5 Å². The number of imide groups is 2. The van der Waals surface area contributed by atoms with Crippen molar-refractivity contribution in [1.82, 2.24) is 14.7 Å². The molecular weight excluding hydrogens is 270 g/mol. The van der Waals surface area contributed by atoms with Gasteiger partial charge in [0.15, 0.2) is 0 Å². The Morgan fingerprint density at radius 1 is 0.800 bits per heavy atom. The maximum Gasteiger partial charge on any atom is 0.334 e. The Morgan fingerprint density at radius 2 is 1.25 bits per heavy atom. The molecule has 0 aromatic rings. The van der Waals surface area contributed by atoms with Gasteiger partial charge in [0.2, 0.25) is 5.91 Å². The monoisotopic (exact) mass is 291 g/mol. The predicted octanol–water partition coefficient (Wildman–Crippen LogP) is -1.71. The van der Waals surface area contributed by atoms with Crippen molar-refractivity contribution in [2.45, 2.75) is 6.92 Å². The molecule has 0 atom stereocenters. The van der Waals surface area contributed by atoms with Crippen LogP contribution in [0.5, 0.6) is 0 Å². The fraction of sp³-hybridized carbons (Fsp3) is 0.727. The lowest BCUT2D eigenvalue weighted by Gasteiger charge is -2.29. The van der Waals surface area contributed by atoms with Crippen LogP contribution in [0.3, 0.4) is 0 Å². The van der Waals surface area contributed by atoms with E-state index in [0.717, 1.165) is 11.8 Å². The number of aliphatic hydroxyl groups is 3. The van der Waals surface area contributed by atoms with E-state index in [-0.39, 0.29) is 26.2 Å². The second kappa shape index (κ2) is 9.23. The normalized spacial score (nSPS) is 10.1. The average Bonchev–Trinajstić information content (AvgIpc) is 2.40. The van der Waals surface area contributed by atoms with Gasteiger partial charge in [0.25, 0.3) is 0 Å². The Hall–Kier alpha value is -1.71. The number of carbonyl (C=O) groups excluding carboxylic acids is 3. The molecule has 3 N–H and O–H groups in total. The molecule has 0 fully saturated rings. The van der Waals surface area contributed by atoms with Crippen molar-refractivity contribution < 1.29 is 29.7 Å². The Kier molecular flexibility index (Phi) is 8.45. The number of hydrogen-bond acceptors (Lipinski definition) is 6. The van der Waals surface area contributed by atoms with Gasteiger partial charge in [0.1, 0.15) is 0 Å². The van der Waals surface area contributed by atoms with E-state index in [2.05, 4.69) is 0 Å². The fourth-order valence-electron chi connectivity index (χ4n) is 1.46. The van der Waals surface area contributed by atoms with Gasteiger partial charge in [0.05, 0.1) is 32.9 Å². The molecule has 0 aromatic carbocycles. The number of rotatable bonds is 6. The van der Waals surface area contributed by atoms with Crippen molar-refractivity contribution in [1.29, 1.82) is 0 Å². The molecular formula is C11H21N3O6. The van der Waals surface area contributed by atoms with Crippen LogP contribution in [0.25, 0.3) is 0 Å². The minimum Gasteiger partial charge on any atom is -0.395 e. The highest BCUT2D eigenvalue weighted by Gasteiger charge is 2.29. The van der Waals surface area contributed by atoms with Gasteiger partial charge in [0, 0.05) is 20.5 Å². The van der Waals surface area contributed by atoms with Crippen molar-refractivity contribution in [2.24, 2.45) is 0 Å². The highest BCUT2D eigenvalue weighted by atomic mass is 16.3. The number of hydrogen-bond donors (Lipinski definition) is 3. The molecule has 9 heteroatoms. The second-order valence-corrected chi connectivity index (χ2v) is 3.98. The summed E-state index contributed by atoms with van der Waals surface area (Å²) in [5.41, 5.74) is 0. The number of nitrogens with zero attached hydrogens (tertiary/aromatic N) is 3. The zero-order chi connectivity index (χ0) is 15.7. The van der Waals surface area contributed by atoms with Crippen LogP contribution in [0, 0.1) is 0 Å². The van der Waals surface area contributed by atoms with E-state index >= 15 is 0 Å². The molecule has 116 valence electrons. The summed E-state index contributed by atoms with van der Waals surface area (Å²) in [6.45, 7) is -0.568. The first-order valence-electron chi connectivity index (χ1n) is 6.07. The molecule has 0 saturated heterocycles. The second-order valence-electron chi connectivity index (χ2n) is 3.98. The largest absolute Gasteiger partial charge is 0.395 e. The quantitative estimate of drug-likeness (QED) is 0.535. The fourth-order valence-corrected chi connectivity index (χ4v) is 1.46. The van der Waals surface area contributed by atoms with E-state index in [1.54, 1.807) is 0 Å². The molecule has 0 rings (SSSR count). The van der Waals surface area contributed by atoms with Crippen molar-refractivity contribution in [2.75, 3.05) is 46.5 Å². The Balaban J connectivity index is 5.09. The maximum atomic E-state index is 12.1. The van der Waals surface area contributed by atoms with E-state index in [0.29, 0.717) is 9.80 Å². The molecule has 0 bridgehead atoms. The van der Waals surface area contributed by atoms with Crippen LogP contribution in [-0.2, 0) is 4.79 Å². The molecule has 0 aliphatic rings. The third-order valence-electron chi connectivity index (χ3n) is 2.48. The zero-order valence-corrected chi connectivity index (χ0v) is 11.7. The maximum absolute atomic E-state index is 12.1. The molecule has 9 nitrogen and oxygen atoms in total. The summed E-state index contributed by atoms with van der Waals surface area (Å²) in [7, 11) is 1.38. The topological polar surface area (TPSA) is 122 Å². The highest BCUT2D eigenvalue weighted by Crippen LogP contribution is 2.04. The lowest BCUT2D eigenvalue weighted by molar-refractivity contribution is -0.126. The van der Waals surface area contributed by atoms with E-state index in [1.807, 2.05) is 0 Å². The minimum absolute atomic E-state index is 0.00805. The first-order valence-corrected chi connectivity index (χ1v) is 6.07. The molecule has 0 spiro atoms. The number of amides is 5. The summed E-state index contributed by atoms with van der Waals surface area (Å²) >= 11 is 0. The Bertz CT molecular complexity index is 349. The van der Waals surface area contributed by atoms with Gasteiger partial charge in [-0.1, -0.05) is 0 Å². The van der Waals surface area contributed by atoms with Crippen LogP contribution in [0.2, 0.25) is 0 Å². The summed E-state index contributed by atoms with van der Waals surface area (Å²) in [4.78, 5) is 37.9. The smallest absolute Gasteiger partial charge is 0.334 e. The van der Waals surface area contributed by atoms with Gasteiger partial charge in [-0.05, 0) is 0 Å². The van der Waals surface area contributed by atoms with Crippen LogP contribution in [0.15, 0.2) is 0 Å². The van der Waals surface area contributed by atoms with Crippen molar-refractivity contribution in [3.8, 4) is 0 Å². The summed E-state index contributed by atoms with van der Waals surface area (Å²) in [6, 6.07) is -1.67. The van der Waals surface area contributed by atoms with Crippen molar-refractivity contribution >= 4 is 18.0 Å². The van der Waals surface area contributed by atoms with Crippen LogP contribution >= 0.6 is 0 Å². The van der Waals surface area contributed by atoms with Gasteiger partial charge in [-0.15, -0.1) is 0 Å². The van der Waals surface area contributed by atoms with E-state index in [4.69, 9.17) is 15.3 Å². The lowest BCUT2D eigenvalue weighted by Crippen LogP contribution is -2.53. The average molecular weight is 291 g/mol. The molecule has 0 aliphatic carbocycles. The van der Waals surface area contributed by atoms with Gasteiger partial charge in [-0.2, -0.15) is 0 Å². The predicted molar refractivity (Wildman–Crippen MR) is 68.8 cm³/mol. The van der Waals surface area contributed by atoms with Gasteiger partial charge >= 0.3 is 12.1 Å². The zero-order valence-electron chi connectivity index (χ0n) is 11.7. The Labute approximate surface area is 117 Å². The van der Waals surface area contributed by atoms with Crippen molar-refractivity contribution in [3.63, 3.8) is 0 Å². The third kappa shape index (κ3) is 5.11. The molecule has 0 unspecified atom stereocenters. The number of likely N-dealkylation sites (N-methyl/N-ethyl adjacent to an activating group) is 1. The SMILES string of the molecule is CC(=O)N(CCO)C(=O)N(CCO)C(=O)N(C)CCO. The molecule has 0 aliphatic heterocycles. The first kappa shape index (κ1) is 18.3. The molecule has 20 heavy (non-hydrogen) atoms. The first-order chi connectivity index (χ1) is 9.40. The number of aliphatic hydroxyl groups excluding tert-OH is 3. The molecule has 5 amide bonds. The lowest BCUT2D eigenvalue weighted by atomic mass is 10.4. The summed E-state index contributed by atoms with van der Waals surface area (Å²) in [6.07, 6.45) is 0. The highest BCUT2D eigenvalue weighted by molar-refractivity contribution is 6.01. The molecule has 0 aromatic heterocycles. The van der Waals surface area contributed by atoms with Crippen LogP contribution < -0.4 is 0 Å². The third-order valence-corrected chi connectivity index (χ3v) is 2.48. The van der Waals surface area contributed by atoms with Gasteiger partial charge < -0.3 is 20.2 Å². The Morgan fingerprint density at radius 3 is 1.65 bits per heavy atom. The van der Waals surface area contributed by atoms with Crippen LogP contribution in [0.4, 0.5) is 9.59 Å². The molecule has 0 heterocycles. The minimum atomic E-state index is -0.921. The van der Waals surface area contributed by atoms with Crippen LogP contribution in [0.1, 0.15) is 6.92 Å². The standard InChI is InChI=1S/C11H21N3O6/c1-9(18)13(4-7-16)11(20)14(5-8-17)10(19)12(2)3-6-15/h15-17H,3-8H2,1-2H3. The summed E-state index contributed by atoms with van der Waals surface area (Å²) < 4.78 is 0. The molecule has 0 radical (unpaired) electrons. The number of urea groups is 2. The van der Waals surface area contributed by atoms with Crippen molar-refractivity contribution in [3.05, 3.63) is 0 Å². The summed E-state index contributed by atoms with van der Waals surface area (Å²) in [5.74, 6) is -0.621. The van der Waals surface area contributed by atoms with E-state index < -0.39 is 31.2 Å². The number of carbonyl (C=O) groups is 3. The molecule has 0 saturated carbocycles. The van der Waals surface area contributed by atoms with E-state index in [9.17, 15) is 14.4 Å². The summed E-state index contributed by atoms with van der Waals surface area (Å²) in [5, 5.41) is 26.5. The van der Waals surface area contributed by atoms with Gasteiger partial charge in [-0.3, -0.25) is 9.69 Å². The van der Waals surface area contributed by atoms with E-state index in [1.165, 1.54) is 7.05 Å². The van der Waals surface area contributed by atoms with Crippen LogP contribution in [-0.4, -0.2) is 94.5 Å².